The Balaban J connectivity index is 2.59. The summed E-state index contributed by atoms with van der Waals surface area (Å²) in [6.45, 7) is 10.0. The van der Waals surface area contributed by atoms with Crippen molar-refractivity contribution in [3.63, 3.8) is 0 Å². The van der Waals surface area contributed by atoms with Gasteiger partial charge >= 0.3 is 0 Å². The van der Waals surface area contributed by atoms with E-state index in [-0.39, 0.29) is 5.54 Å². The van der Waals surface area contributed by atoms with Crippen molar-refractivity contribution in [2.24, 2.45) is 0 Å². The molecule has 0 aliphatic carbocycles. The standard InChI is InChI=1S/C16H21ClN2/c1-5-6-19-15-8-14(17)12(10-18)7-13(15)11(2)9-16(19,3)4/h7-8,11H,5-6,9H2,1-4H3. The summed E-state index contributed by atoms with van der Waals surface area (Å²) >= 11 is 6.22. The highest BCUT2D eigenvalue weighted by molar-refractivity contribution is 6.32. The molecule has 0 bridgehead atoms. The molecule has 1 aromatic rings. The Morgan fingerprint density at radius 3 is 2.74 bits per heavy atom. The molecular weight excluding hydrogens is 256 g/mol. The molecule has 2 nitrogen and oxygen atoms in total. The zero-order valence-corrected chi connectivity index (χ0v) is 12.9. The Morgan fingerprint density at radius 2 is 2.16 bits per heavy atom. The van der Waals surface area contributed by atoms with E-state index in [1.54, 1.807) is 0 Å². The number of nitrogens with zero attached hydrogens (tertiary/aromatic N) is 2. The SMILES string of the molecule is CCCN1c2cc(Cl)c(C#N)cc2C(C)CC1(C)C. The van der Waals surface area contributed by atoms with Crippen LogP contribution in [0.3, 0.4) is 0 Å². The molecule has 0 N–H and O–H groups in total. The van der Waals surface area contributed by atoms with Crippen LogP contribution >= 0.6 is 11.6 Å². The van der Waals surface area contributed by atoms with E-state index in [1.807, 2.05) is 12.1 Å². The lowest BCUT2D eigenvalue weighted by Gasteiger charge is -2.47. The fourth-order valence-corrected chi connectivity index (χ4v) is 3.44. The number of nitriles is 1. The number of anilines is 1. The van der Waals surface area contributed by atoms with Crippen molar-refractivity contribution < 1.29 is 0 Å². The predicted octanol–water partition coefficient (Wildman–Crippen LogP) is 4.71. The molecule has 1 aliphatic rings. The van der Waals surface area contributed by atoms with Gasteiger partial charge in [0.15, 0.2) is 0 Å². The Labute approximate surface area is 121 Å². The monoisotopic (exact) mass is 276 g/mol. The number of fused-ring (bicyclic) bond motifs is 1. The Morgan fingerprint density at radius 1 is 1.47 bits per heavy atom. The predicted molar refractivity (Wildman–Crippen MR) is 80.9 cm³/mol. The Kier molecular flexibility index (Phi) is 3.78. The van der Waals surface area contributed by atoms with Crippen LogP contribution in [-0.4, -0.2) is 12.1 Å². The minimum absolute atomic E-state index is 0.139. The van der Waals surface area contributed by atoms with Crippen molar-refractivity contribution in [1.29, 1.82) is 5.26 Å². The normalized spacial score (nSPS) is 20.8. The van der Waals surface area contributed by atoms with Crippen LogP contribution in [0, 0.1) is 11.3 Å². The van der Waals surface area contributed by atoms with Crippen molar-refractivity contribution in [3.8, 4) is 6.07 Å². The molecule has 0 aromatic heterocycles. The second kappa shape index (κ2) is 5.06. The average molecular weight is 277 g/mol. The average Bonchev–Trinajstić information content (AvgIpc) is 2.33. The fourth-order valence-electron chi connectivity index (χ4n) is 3.24. The number of hydrogen-bond donors (Lipinski definition) is 0. The molecule has 0 fully saturated rings. The molecule has 2 rings (SSSR count). The minimum atomic E-state index is 0.139. The van der Waals surface area contributed by atoms with Crippen LogP contribution in [0.15, 0.2) is 12.1 Å². The van der Waals surface area contributed by atoms with E-state index in [2.05, 4.69) is 38.7 Å². The number of hydrogen-bond acceptors (Lipinski definition) is 2. The van der Waals surface area contributed by atoms with E-state index in [1.165, 1.54) is 11.3 Å². The van der Waals surface area contributed by atoms with Gasteiger partial charge in [-0.15, -0.1) is 0 Å². The van der Waals surface area contributed by atoms with Gasteiger partial charge in [0.05, 0.1) is 10.6 Å². The summed E-state index contributed by atoms with van der Waals surface area (Å²) in [4.78, 5) is 2.44. The third kappa shape index (κ3) is 2.44. The van der Waals surface area contributed by atoms with E-state index in [0.29, 0.717) is 16.5 Å². The van der Waals surface area contributed by atoms with Gasteiger partial charge in [-0.05, 0) is 50.3 Å². The first-order chi connectivity index (χ1) is 8.90. The largest absolute Gasteiger partial charge is 0.366 e. The summed E-state index contributed by atoms with van der Waals surface area (Å²) in [5.74, 6) is 0.461. The van der Waals surface area contributed by atoms with Gasteiger partial charge < -0.3 is 4.90 Å². The summed E-state index contributed by atoms with van der Waals surface area (Å²) < 4.78 is 0. The molecule has 1 aliphatic heterocycles. The molecule has 0 saturated carbocycles. The molecule has 102 valence electrons. The van der Waals surface area contributed by atoms with Gasteiger partial charge in [0.2, 0.25) is 0 Å². The lowest BCUT2D eigenvalue weighted by atomic mass is 9.79. The molecule has 1 aromatic carbocycles. The van der Waals surface area contributed by atoms with Crippen LogP contribution in [0.25, 0.3) is 0 Å². The molecule has 0 radical (unpaired) electrons. The molecular formula is C16H21ClN2. The van der Waals surface area contributed by atoms with Crippen molar-refractivity contribution in [1.82, 2.24) is 0 Å². The van der Waals surface area contributed by atoms with Crippen LogP contribution in [0.1, 0.15) is 57.6 Å². The summed E-state index contributed by atoms with van der Waals surface area (Å²) in [5.41, 5.74) is 3.19. The number of benzene rings is 1. The van der Waals surface area contributed by atoms with Crippen LogP contribution in [0.5, 0.6) is 0 Å². The second-order valence-electron chi connectivity index (χ2n) is 6.07. The van der Waals surface area contributed by atoms with Crippen LogP contribution in [0.4, 0.5) is 5.69 Å². The van der Waals surface area contributed by atoms with Gasteiger partial charge in [-0.25, -0.2) is 0 Å². The van der Waals surface area contributed by atoms with Gasteiger partial charge in [0, 0.05) is 17.8 Å². The highest BCUT2D eigenvalue weighted by Gasteiger charge is 2.36. The summed E-state index contributed by atoms with van der Waals surface area (Å²) in [5, 5.41) is 9.69. The fraction of sp³-hybridized carbons (Fsp3) is 0.562. The van der Waals surface area contributed by atoms with Gasteiger partial charge in [-0.1, -0.05) is 25.4 Å². The zero-order valence-electron chi connectivity index (χ0n) is 12.1. The lowest BCUT2D eigenvalue weighted by molar-refractivity contribution is 0.376. The van der Waals surface area contributed by atoms with Gasteiger partial charge in [0.1, 0.15) is 6.07 Å². The zero-order chi connectivity index (χ0) is 14.2. The van der Waals surface area contributed by atoms with E-state index < -0.39 is 0 Å². The quantitative estimate of drug-likeness (QED) is 0.782. The highest BCUT2D eigenvalue weighted by Crippen LogP contribution is 2.45. The number of rotatable bonds is 2. The van der Waals surface area contributed by atoms with Gasteiger partial charge in [0.25, 0.3) is 0 Å². The van der Waals surface area contributed by atoms with Crippen molar-refractivity contribution >= 4 is 17.3 Å². The third-order valence-electron chi connectivity index (χ3n) is 4.04. The molecule has 3 heteroatoms. The lowest BCUT2D eigenvalue weighted by Crippen LogP contribution is -2.48. The summed E-state index contributed by atoms with van der Waals surface area (Å²) in [7, 11) is 0. The van der Waals surface area contributed by atoms with Crippen LogP contribution in [0.2, 0.25) is 5.02 Å². The first-order valence-corrected chi connectivity index (χ1v) is 7.29. The highest BCUT2D eigenvalue weighted by atomic mass is 35.5. The molecule has 0 amide bonds. The summed E-state index contributed by atoms with van der Waals surface area (Å²) in [6.07, 6.45) is 2.21. The maximum atomic E-state index is 9.13. The van der Waals surface area contributed by atoms with E-state index in [0.717, 1.165) is 19.4 Å². The smallest absolute Gasteiger partial charge is 0.101 e. The van der Waals surface area contributed by atoms with Crippen molar-refractivity contribution in [2.45, 2.75) is 52.0 Å². The maximum Gasteiger partial charge on any atom is 0.101 e. The topological polar surface area (TPSA) is 27.0 Å². The van der Waals surface area contributed by atoms with E-state index in [4.69, 9.17) is 16.9 Å². The molecule has 19 heavy (non-hydrogen) atoms. The maximum absolute atomic E-state index is 9.13. The van der Waals surface area contributed by atoms with E-state index >= 15 is 0 Å². The van der Waals surface area contributed by atoms with Gasteiger partial charge in [-0.2, -0.15) is 5.26 Å². The Hall–Kier alpha value is -1.20. The van der Waals surface area contributed by atoms with Gasteiger partial charge in [-0.3, -0.25) is 0 Å². The molecule has 1 unspecified atom stereocenters. The second-order valence-corrected chi connectivity index (χ2v) is 6.48. The van der Waals surface area contributed by atoms with Crippen LogP contribution in [-0.2, 0) is 0 Å². The molecule has 0 spiro atoms. The first kappa shape index (κ1) is 14.2. The molecule has 1 atom stereocenters. The van der Waals surface area contributed by atoms with E-state index in [9.17, 15) is 0 Å². The van der Waals surface area contributed by atoms with Crippen molar-refractivity contribution in [2.75, 3.05) is 11.4 Å². The van der Waals surface area contributed by atoms with Crippen molar-refractivity contribution in [3.05, 3.63) is 28.3 Å². The number of halogens is 1. The third-order valence-corrected chi connectivity index (χ3v) is 4.35. The minimum Gasteiger partial charge on any atom is -0.366 e. The van der Waals surface area contributed by atoms with Crippen LogP contribution < -0.4 is 4.90 Å². The molecule has 1 heterocycles. The summed E-state index contributed by atoms with van der Waals surface area (Å²) in [6, 6.07) is 6.13. The first-order valence-electron chi connectivity index (χ1n) is 6.92. The molecule has 0 saturated heterocycles. The Bertz CT molecular complexity index is 528.